The molecule has 1 rings (SSSR count). The lowest BCUT2D eigenvalue weighted by Crippen LogP contribution is -2.49. The van der Waals surface area contributed by atoms with Gasteiger partial charge in [-0.1, -0.05) is 58.0 Å². The van der Waals surface area contributed by atoms with Crippen molar-refractivity contribution >= 4 is 11.9 Å². The van der Waals surface area contributed by atoms with E-state index in [2.05, 4.69) is 5.32 Å². The minimum Gasteiger partial charge on any atom is -0.445 e. The van der Waals surface area contributed by atoms with Crippen LogP contribution in [-0.2, 0) is 16.1 Å². The molecule has 4 nitrogen and oxygen atoms in total. The monoisotopic (exact) mass is 277 g/mol. The van der Waals surface area contributed by atoms with Crippen molar-refractivity contribution in [2.24, 2.45) is 5.41 Å². The number of benzene rings is 1. The number of rotatable bonds is 5. The van der Waals surface area contributed by atoms with E-state index >= 15 is 0 Å². The Kier molecular flexibility index (Phi) is 5.74. The van der Waals surface area contributed by atoms with Crippen molar-refractivity contribution in [3.05, 3.63) is 35.9 Å². The van der Waals surface area contributed by atoms with E-state index in [1.54, 1.807) is 6.92 Å². The third-order valence-corrected chi connectivity index (χ3v) is 3.01. The van der Waals surface area contributed by atoms with Crippen molar-refractivity contribution < 1.29 is 14.3 Å². The molecule has 0 bridgehead atoms. The number of amides is 1. The molecule has 0 aliphatic heterocycles. The summed E-state index contributed by atoms with van der Waals surface area (Å²) in [5.41, 5.74) is 0.579. The molecular formula is C16H23NO3. The molecule has 0 aliphatic carbocycles. The van der Waals surface area contributed by atoms with Crippen molar-refractivity contribution in [1.29, 1.82) is 0 Å². The number of Topliss-reactive ketones (excluding diaryl/α,β-unsaturated/α-hetero) is 1. The minimum absolute atomic E-state index is 0.00848. The van der Waals surface area contributed by atoms with E-state index in [0.717, 1.165) is 5.56 Å². The Morgan fingerprint density at radius 3 is 2.30 bits per heavy atom. The van der Waals surface area contributed by atoms with Crippen LogP contribution in [-0.4, -0.2) is 17.9 Å². The normalized spacial score (nSPS) is 12.6. The highest BCUT2D eigenvalue weighted by Crippen LogP contribution is 2.21. The maximum Gasteiger partial charge on any atom is 0.408 e. The molecule has 1 aromatic rings. The quantitative estimate of drug-likeness (QED) is 0.898. The predicted molar refractivity (Wildman–Crippen MR) is 78.3 cm³/mol. The van der Waals surface area contributed by atoms with Gasteiger partial charge in [-0.3, -0.25) is 4.79 Å². The van der Waals surface area contributed by atoms with Gasteiger partial charge in [0.15, 0.2) is 5.78 Å². The van der Waals surface area contributed by atoms with Crippen LogP contribution in [0.5, 0.6) is 0 Å². The molecule has 0 saturated heterocycles. The van der Waals surface area contributed by atoms with Crippen molar-refractivity contribution in [2.45, 2.75) is 46.8 Å². The summed E-state index contributed by atoms with van der Waals surface area (Å²) < 4.78 is 5.15. The van der Waals surface area contributed by atoms with Crippen LogP contribution in [0.2, 0.25) is 0 Å². The highest BCUT2D eigenvalue weighted by molar-refractivity contribution is 5.87. The zero-order valence-corrected chi connectivity index (χ0v) is 12.6. The van der Waals surface area contributed by atoms with Crippen LogP contribution < -0.4 is 5.32 Å². The third kappa shape index (κ3) is 5.03. The van der Waals surface area contributed by atoms with Crippen LogP contribution >= 0.6 is 0 Å². The van der Waals surface area contributed by atoms with Crippen molar-refractivity contribution in [3.63, 3.8) is 0 Å². The molecule has 0 aromatic heterocycles. The number of ketones is 1. The van der Waals surface area contributed by atoms with Gasteiger partial charge in [0, 0.05) is 6.42 Å². The largest absolute Gasteiger partial charge is 0.445 e. The average molecular weight is 277 g/mol. The van der Waals surface area contributed by atoms with Gasteiger partial charge in [-0.15, -0.1) is 0 Å². The minimum atomic E-state index is -0.560. The highest BCUT2D eigenvalue weighted by Gasteiger charge is 2.31. The third-order valence-electron chi connectivity index (χ3n) is 3.01. The highest BCUT2D eigenvalue weighted by atomic mass is 16.5. The molecule has 0 heterocycles. The number of carbonyl (C=O) groups excluding carboxylic acids is 2. The zero-order valence-electron chi connectivity index (χ0n) is 12.6. The van der Waals surface area contributed by atoms with E-state index in [1.165, 1.54) is 0 Å². The summed E-state index contributed by atoms with van der Waals surface area (Å²) >= 11 is 0. The standard InChI is InChI=1S/C16H23NO3/c1-5-13(18)14(16(2,3)4)17-15(19)20-11-12-9-7-6-8-10-12/h6-10,14H,5,11H2,1-4H3,(H,17,19). The number of hydrogen-bond donors (Lipinski definition) is 1. The summed E-state index contributed by atoms with van der Waals surface area (Å²) in [7, 11) is 0. The molecule has 110 valence electrons. The van der Waals surface area contributed by atoms with Crippen molar-refractivity contribution in [2.75, 3.05) is 0 Å². The fourth-order valence-electron chi connectivity index (χ4n) is 1.87. The van der Waals surface area contributed by atoms with Gasteiger partial charge in [0.25, 0.3) is 0 Å². The Morgan fingerprint density at radius 1 is 1.20 bits per heavy atom. The van der Waals surface area contributed by atoms with Gasteiger partial charge in [-0.05, 0) is 11.0 Å². The Bertz CT molecular complexity index is 449. The second-order valence-corrected chi connectivity index (χ2v) is 5.82. The van der Waals surface area contributed by atoms with E-state index in [-0.39, 0.29) is 17.8 Å². The van der Waals surface area contributed by atoms with E-state index < -0.39 is 12.1 Å². The molecule has 1 amide bonds. The summed E-state index contributed by atoms with van der Waals surface area (Å²) in [4.78, 5) is 23.7. The molecule has 0 fully saturated rings. The second-order valence-electron chi connectivity index (χ2n) is 5.82. The first-order valence-electron chi connectivity index (χ1n) is 6.84. The first-order chi connectivity index (χ1) is 9.34. The van der Waals surface area contributed by atoms with E-state index in [9.17, 15) is 9.59 Å². The molecule has 1 atom stereocenters. The smallest absolute Gasteiger partial charge is 0.408 e. The first kappa shape index (κ1) is 16.2. The van der Waals surface area contributed by atoms with Gasteiger partial charge in [0.1, 0.15) is 6.61 Å². The molecule has 0 spiro atoms. The van der Waals surface area contributed by atoms with Crippen LogP contribution in [0, 0.1) is 5.41 Å². The van der Waals surface area contributed by atoms with Gasteiger partial charge in [0.2, 0.25) is 0 Å². The Morgan fingerprint density at radius 2 is 1.80 bits per heavy atom. The number of hydrogen-bond acceptors (Lipinski definition) is 3. The number of nitrogens with one attached hydrogen (secondary N) is 1. The second kappa shape index (κ2) is 7.08. The summed E-state index contributed by atoms with van der Waals surface area (Å²) in [5, 5.41) is 2.67. The van der Waals surface area contributed by atoms with Crippen LogP contribution in [0.25, 0.3) is 0 Å². The van der Waals surface area contributed by atoms with Crippen LogP contribution in [0.4, 0.5) is 4.79 Å². The maximum absolute atomic E-state index is 11.9. The van der Waals surface area contributed by atoms with Gasteiger partial charge >= 0.3 is 6.09 Å². The number of carbonyl (C=O) groups is 2. The Hall–Kier alpha value is -1.84. The number of alkyl carbamates (subject to hydrolysis) is 1. The first-order valence-corrected chi connectivity index (χ1v) is 6.84. The molecule has 1 N–H and O–H groups in total. The lowest BCUT2D eigenvalue weighted by atomic mass is 9.83. The lowest BCUT2D eigenvalue weighted by Gasteiger charge is -2.29. The van der Waals surface area contributed by atoms with Gasteiger partial charge in [-0.2, -0.15) is 0 Å². The molecule has 1 unspecified atom stereocenters. The van der Waals surface area contributed by atoms with E-state index in [1.807, 2.05) is 51.1 Å². The zero-order chi connectivity index (χ0) is 15.2. The predicted octanol–water partition coefficient (Wildman–Crippen LogP) is 3.31. The molecule has 0 saturated carbocycles. The maximum atomic E-state index is 11.9. The van der Waals surface area contributed by atoms with E-state index in [0.29, 0.717) is 6.42 Å². The van der Waals surface area contributed by atoms with Gasteiger partial charge < -0.3 is 10.1 Å². The molecule has 1 aromatic carbocycles. The van der Waals surface area contributed by atoms with Crippen LogP contribution in [0.1, 0.15) is 39.7 Å². The average Bonchev–Trinajstić information content (AvgIpc) is 2.41. The SMILES string of the molecule is CCC(=O)C(NC(=O)OCc1ccccc1)C(C)(C)C. The van der Waals surface area contributed by atoms with Gasteiger partial charge in [-0.25, -0.2) is 4.79 Å². The molecular weight excluding hydrogens is 254 g/mol. The lowest BCUT2D eigenvalue weighted by molar-refractivity contribution is -0.123. The summed E-state index contributed by atoms with van der Waals surface area (Å²) in [6.45, 7) is 7.75. The summed E-state index contributed by atoms with van der Waals surface area (Å²) in [5.74, 6) is 0.00848. The Labute approximate surface area is 120 Å². The molecule has 4 heteroatoms. The summed E-state index contributed by atoms with van der Waals surface area (Å²) in [6, 6.07) is 8.90. The fraction of sp³-hybridized carbons (Fsp3) is 0.500. The molecule has 0 aliphatic rings. The van der Waals surface area contributed by atoms with Crippen LogP contribution in [0.15, 0.2) is 30.3 Å². The molecule has 0 radical (unpaired) electrons. The van der Waals surface area contributed by atoms with E-state index in [4.69, 9.17) is 4.74 Å². The van der Waals surface area contributed by atoms with Crippen molar-refractivity contribution in [3.8, 4) is 0 Å². The molecule has 20 heavy (non-hydrogen) atoms. The number of ether oxygens (including phenoxy) is 1. The van der Waals surface area contributed by atoms with Gasteiger partial charge in [0.05, 0.1) is 6.04 Å². The summed E-state index contributed by atoms with van der Waals surface area (Å²) in [6.07, 6.45) is -0.170. The fourth-order valence-corrected chi connectivity index (χ4v) is 1.87. The van der Waals surface area contributed by atoms with Crippen LogP contribution in [0.3, 0.4) is 0 Å². The topological polar surface area (TPSA) is 55.4 Å². The Balaban J connectivity index is 2.57. The van der Waals surface area contributed by atoms with Crippen molar-refractivity contribution in [1.82, 2.24) is 5.32 Å².